The van der Waals surface area contributed by atoms with Crippen molar-refractivity contribution in [1.29, 1.82) is 0 Å². The van der Waals surface area contributed by atoms with E-state index in [4.69, 9.17) is 15.2 Å². The van der Waals surface area contributed by atoms with Gasteiger partial charge in [0.2, 0.25) is 0 Å². The zero-order valence-corrected chi connectivity index (χ0v) is 13.2. The van der Waals surface area contributed by atoms with Gasteiger partial charge in [-0.3, -0.25) is 4.79 Å². The van der Waals surface area contributed by atoms with Crippen molar-refractivity contribution in [3.8, 4) is 5.75 Å². The second-order valence-electron chi connectivity index (χ2n) is 4.90. The lowest BCUT2D eigenvalue weighted by Gasteiger charge is -2.17. The van der Waals surface area contributed by atoms with Gasteiger partial charge in [-0.05, 0) is 36.8 Å². The Labute approximate surface area is 136 Å². The van der Waals surface area contributed by atoms with Crippen LogP contribution in [0.5, 0.6) is 5.75 Å². The Bertz CT molecular complexity index is 599. The second-order valence-corrected chi connectivity index (χ2v) is 4.90. The third-order valence-corrected chi connectivity index (χ3v) is 3.18. The molecule has 2 aromatic carbocycles. The zero-order valence-electron chi connectivity index (χ0n) is 13.2. The van der Waals surface area contributed by atoms with Crippen LogP contribution in [0.4, 0.5) is 5.69 Å². The summed E-state index contributed by atoms with van der Waals surface area (Å²) in [5.74, 6) is 0.520. The largest absolute Gasteiger partial charge is 0.492 e. The zero-order chi connectivity index (χ0) is 16.5. The number of nitrogens with two attached hydrogens (primary N) is 1. The van der Waals surface area contributed by atoms with Crippen LogP contribution in [0.3, 0.4) is 0 Å². The average Bonchev–Trinajstić information content (AvgIpc) is 2.59. The van der Waals surface area contributed by atoms with Gasteiger partial charge in [-0.15, -0.1) is 0 Å². The molecule has 0 fully saturated rings. The van der Waals surface area contributed by atoms with Gasteiger partial charge in [0, 0.05) is 18.8 Å². The highest BCUT2D eigenvalue weighted by Crippen LogP contribution is 2.21. The molecule has 0 radical (unpaired) electrons. The molecule has 0 spiro atoms. The van der Waals surface area contributed by atoms with E-state index < -0.39 is 6.10 Å². The van der Waals surface area contributed by atoms with Gasteiger partial charge in [0.1, 0.15) is 12.4 Å². The van der Waals surface area contributed by atoms with E-state index in [0.717, 1.165) is 11.3 Å². The molecule has 5 heteroatoms. The maximum absolute atomic E-state index is 12.5. The van der Waals surface area contributed by atoms with Crippen LogP contribution < -0.4 is 15.8 Å². The fourth-order valence-corrected chi connectivity index (χ4v) is 2.14. The fourth-order valence-electron chi connectivity index (χ4n) is 2.14. The van der Waals surface area contributed by atoms with Crippen molar-refractivity contribution in [3.63, 3.8) is 0 Å². The molecule has 0 aromatic heterocycles. The lowest BCUT2D eigenvalue weighted by molar-refractivity contribution is -0.127. The summed E-state index contributed by atoms with van der Waals surface area (Å²) in [6, 6.07) is 16.6. The van der Waals surface area contributed by atoms with E-state index in [1.807, 2.05) is 37.3 Å². The topological polar surface area (TPSA) is 73.6 Å². The van der Waals surface area contributed by atoms with Crippen molar-refractivity contribution >= 4 is 11.6 Å². The summed E-state index contributed by atoms with van der Waals surface area (Å²) in [4.78, 5) is 12.5. The Balaban J connectivity index is 2.03. The van der Waals surface area contributed by atoms with Gasteiger partial charge in [-0.25, -0.2) is 0 Å². The number of hydrogen-bond donors (Lipinski definition) is 2. The molecule has 5 nitrogen and oxygen atoms in total. The molecule has 0 aliphatic heterocycles. The van der Waals surface area contributed by atoms with Gasteiger partial charge in [-0.2, -0.15) is 0 Å². The Morgan fingerprint density at radius 3 is 2.43 bits per heavy atom. The molecule has 1 unspecified atom stereocenters. The quantitative estimate of drug-likeness (QED) is 0.786. The normalized spacial score (nSPS) is 11.7. The number of carbonyl (C=O) groups is 1. The van der Waals surface area contributed by atoms with Gasteiger partial charge in [0.15, 0.2) is 6.10 Å². The number of amides is 1. The molecule has 0 bridgehead atoms. The van der Waals surface area contributed by atoms with Crippen LogP contribution in [-0.4, -0.2) is 25.7 Å². The monoisotopic (exact) mass is 314 g/mol. The highest BCUT2D eigenvalue weighted by atomic mass is 16.5. The third kappa shape index (κ3) is 5.09. The Kier molecular flexibility index (Phi) is 6.59. The molecule has 0 aliphatic rings. The predicted molar refractivity (Wildman–Crippen MR) is 90.4 cm³/mol. The number of nitrogens with one attached hydrogen (secondary N) is 1. The summed E-state index contributed by atoms with van der Waals surface area (Å²) in [6.07, 6.45) is -0.630. The molecule has 2 aromatic rings. The first kappa shape index (κ1) is 17.0. The fraction of sp³-hybridized carbons (Fsp3) is 0.278. The van der Waals surface area contributed by atoms with Crippen LogP contribution in [-0.2, 0) is 9.53 Å². The molecular formula is C18H22N2O3. The van der Waals surface area contributed by atoms with Crippen LogP contribution in [0.15, 0.2) is 54.6 Å². The summed E-state index contributed by atoms with van der Waals surface area (Å²) < 4.78 is 11.0. The molecule has 23 heavy (non-hydrogen) atoms. The summed E-state index contributed by atoms with van der Waals surface area (Å²) in [7, 11) is 0. The van der Waals surface area contributed by atoms with E-state index >= 15 is 0 Å². The minimum atomic E-state index is -0.630. The number of carbonyl (C=O) groups excluding carboxylic acids is 1. The van der Waals surface area contributed by atoms with E-state index in [2.05, 4.69) is 5.32 Å². The Morgan fingerprint density at radius 1 is 1.13 bits per heavy atom. The lowest BCUT2D eigenvalue weighted by Crippen LogP contribution is -2.23. The van der Waals surface area contributed by atoms with Gasteiger partial charge >= 0.3 is 0 Å². The maximum Gasteiger partial charge on any atom is 0.258 e. The van der Waals surface area contributed by atoms with E-state index in [0.29, 0.717) is 25.4 Å². The van der Waals surface area contributed by atoms with Crippen molar-refractivity contribution in [2.45, 2.75) is 13.0 Å². The summed E-state index contributed by atoms with van der Waals surface area (Å²) in [5.41, 5.74) is 6.91. The van der Waals surface area contributed by atoms with Crippen LogP contribution in [0.25, 0.3) is 0 Å². The summed E-state index contributed by atoms with van der Waals surface area (Å²) in [5, 5.41) is 2.86. The van der Waals surface area contributed by atoms with Gasteiger partial charge < -0.3 is 20.5 Å². The van der Waals surface area contributed by atoms with Crippen LogP contribution in [0.2, 0.25) is 0 Å². The van der Waals surface area contributed by atoms with Crippen molar-refractivity contribution in [2.24, 2.45) is 5.73 Å². The highest BCUT2D eigenvalue weighted by Gasteiger charge is 2.20. The standard InChI is InChI=1S/C18H22N2O3/c1-2-22-17(14-6-4-3-5-7-14)18(21)20-15-8-10-16(11-9-15)23-13-12-19/h3-11,17H,2,12-13,19H2,1H3,(H,20,21). The van der Waals surface area contributed by atoms with E-state index in [1.54, 1.807) is 24.3 Å². The molecule has 1 atom stereocenters. The number of anilines is 1. The van der Waals surface area contributed by atoms with Crippen molar-refractivity contribution in [1.82, 2.24) is 0 Å². The first-order valence-corrected chi connectivity index (χ1v) is 7.65. The minimum Gasteiger partial charge on any atom is -0.492 e. The summed E-state index contributed by atoms with van der Waals surface area (Å²) in [6.45, 7) is 3.25. The molecule has 0 aliphatic carbocycles. The Morgan fingerprint density at radius 2 is 1.83 bits per heavy atom. The van der Waals surface area contributed by atoms with Crippen LogP contribution in [0.1, 0.15) is 18.6 Å². The lowest BCUT2D eigenvalue weighted by atomic mass is 10.1. The molecule has 1 amide bonds. The van der Waals surface area contributed by atoms with Crippen molar-refractivity contribution in [2.75, 3.05) is 25.1 Å². The molecule has 122 valence electrons. The van der Waals surface area contributed by atoms with Crippen LogP contribution in [0, 0.1) is 0 Å². The number of ether oxygens (including phenoxy) is 2. The maximum atomic E-state index is 12.5. The number of benzene rings is 2. The van der Waals surface area contributed by atoms with Crippen molar-refractivity contribution < 1.29 is 14.3 Å². The van der Waals surface area contributed by atoms with Crippen LogP contribution >= 0.6 is 0 Å². The molecular weight excluding hydrogens is 292 g/mol. The van der Waals surface area contributed by atoms with E-state index in [9.17, 15) is 4.79 Å². The average molecular weight is 314 g/mol. The minimum absolute atomic E-state index is 0.200. The highest BCUT2D eigenvalue weighted by molar-refractivity contribution is 5.94. The first-order valence-electron chi connectivity index (χ1n) is 7.65. The summed E-state index contributed by atoms with van der Waals surface area (Å²) >= 11 is 0. The van der Waals surface area contributed by atoms with Crippen molar-refractivity contribution in [3.05, 3.63) is 60.2 Å². The molecule has 0 saturated carbocycles. The van der Waals surface area contributed by atoms with Gasteiger partial charge in [0.25, 0.3) is 5.91 Å². The smallest absolute Gasteiger partial charge is 0.258 e. The second kappa shape index (κ2) is 8.92. The molecule has 0 heterocycles. The van der Waals surface area contributed by atoms with Gasteiger partial charge in [0.05, 0.1) is 0 Å². The number of hydrogen-bond acceptors (Lipinski definition) is 4. The number of rotatable bonds is 8. The first-order chi connectivity index (χ1) is 11.2. The Hall–Kier alpha value is -2.37. The predicted octanol–water partition coefficient (Wildman–Crippen LogP) is 2.74. The SMILES string of the molecule is CCOC(C(=O)Nc1ccc(OCCN)cc1)c1ccccc1. The molecule has 3 N–H and O–H groups in total. The third-order valence-electron chi connectivity index (χ3n) is 3.18. The van der Waals surface area contributed by atoms with Gasteiger partial charge in [-0.1, -0.05) is 30.3 Å². The molecule has 2 rings (SSSR count). The van der Waals surface area contributed by atoms with E-state index in [1.165, 1.54) is 0 Å². The molecule has 0 saturated heterocycles. The van der Waals surface area contributed by atoms with E-state index in [-0.39, 0.29) is 5.91 Å².